The molecule has 13 heavy (non-hydrogen) atoms. The molecule has 3 heteroatoms. The van der Waals surface area contributed by atoms with E-state index in [-0.39, 0.29) is 0 Å². The number of hydrogen-bond acceptors (Lipinski definition) is 3. The van der Waals surface area contributed by atoms with Crippen LogP contribution in [-0.2, 0) is 9.53 Å². The predicted octanol–water partition coefficient (Wildman–Crippen LogP) is 0.795. The average Bonchev–Trinajstić information content (AvgIpc) is 2.61. The predicted molar refractivity (Wildman–Crippen MR) is 46.9 cm³/mol. The summed E-state index contributed by atoms with van der Waals surface area (Å²) >= 11 is 0. The third-order valence-corrected chi connectivity index (χ3v) is 2.78. The highest BCUT2D eigenvalue weighted by Crippen LogP contribution is 2.45. The third-order valence-electron chi connectivity index (χ3n) is 2.78. The van der Waals surface area contributed by atoms with Gasteiger partial charge in [-0.3, -0.25) is 0 Å². The summed E-state index contributed by atoms with van der Waals surface area (Å²) in [7, 11) is 0. The molecule has 1 fully saturated rings. The highest BCUT2D eigenvalue weighted by Gasteiger charge is 2.50. The number of ether oxygens (including phenoxy) is 1. The van der Waals surface area contributed by atoms with Gasteiger partial charge in [-0.25, -0.2) is 4.79 Å². The van der Waals surface area contributed by atoms with E-state index in [0.29, 0.717) is 18.8 Å². The summed E-state index contributed by atoms with van der Waals surface area (Å²) in [4.78, 5) is 11.0. The Morgan fingerprint density at radius 3 is 3.00 bits per heavy atom. The van der Waals surface area contributed by atoms with Crippen LogP contribution >= 0.6 is 0 Å². The van der Waals surface area contributed by atoms with Crippen molar-refractivity contribution in [2.24, 2.45) is 5.92 Å². The van der Waals surface area contributed by atoms with E-state index in [1.165, 1.54) is 0 Å². The minimum Gasteiger partial charge on any atom is -0.449 e. The Labute approximate surface area is 76.7 Å². The minimum absolute atomic E-state index is 0.368. The van der Waals surface area contributed by atoms with E-state index in [1.807, 2.05) is 6.08 Å². The molecule has 3 nitrogen and oxygen atoms in total. The van der Waals surface area contributed by atoms with Crippen LogP contribution in [0.25, 0.3) is 0 Å². The van der Waals surface area contributed by atoms with Gasteiger partial charge >= 0.3 is 5.97 Å². The molecule has 0 aromatic heterocycles. The maximum absolute atomic E-state index is 11.0. The lowest BCUT2D eigenvalue weighted by Crippen LogP contribution is -2.39. The normalized spacial score (nSPS) is 40.7. The van der Waals surface area contributed by atoms with E-state index in [2.05, 4.69) is 6.58 Å². The summed E-state index contributed by atoms with van der Waals surface area (Å²) in [5.74, 6) is -0.0983. The molecule has 0 amide bonds. The van der Waals surface area contributed by atoms with E-state index in [1.54, 1.807) is 6.08 Å². The van der Waals surface area contributed by atoms with E-state index >= 15 is 0 Å². The fourth-order valence-corrected chi connectivity index (χ4v) is 2.11. The van der Waals surface area contributed by atoms with E-state index in [4.69, 9.17) is 4.74 Å². The smallest absolute Gasteiger partial charge is 0.331 e. The van der Waals surface area contributed by atoms with Gasteiger partial charge in [-0.1, -0.05) is 12.7 Å². The van der Waals surface area contributed by atoms with Gasteiger partial charge < -0.3 is 9.84 Å². The van der Waals surface area contributed by atoms with E-state index in [0.717, 1.165) is 6.08 Å². The van der Waals surface area contributed by atoms with E-state index in [9.17, 15) is 9.90 Å². The van der Waals surface area contributed by atoms with E-state index < -0.39 is 17.7 Å². The van der Waals surface area contributed by atoms with Crippen LogP contribution in [0.4, 0.5) is 0 Å². The number of carbonyl (C=O) groups excluding carboxylic acids is 1. The van der Waals surface area contributed by atoms with Crippen LogP contribution in [0.5, 0.6) is 0 Å². The van der Waals surface area contributed by atoms with Crippen molar-refractivity contribution in [1.29, 1.82) is 0 Å². The first-order valence-electron chi connectivity index (χ1n) is 4.39. The molecule has 2 bridgehead atoms. The van der Waals surface area contributed by atoms with Gasteiger partial charge in [0.2, 0.25) is 0 Å². The zero-order valence-corrected chi connectivity index (χ0v) is 7.27. The molecule has 2 aliphatic carbocycles. The Balaban J connectivity index is 2.16. The molecule has 1 saturated carbocycles. The van der Waals surface area contributed by atoms with Crippen molar-refractivity contribution in [3.63, 3.8) is 0 Å². The van der Waals surface area contributed by atoms with Crippen molar-refractivity contribution in [3.05, 3.63) is 24.8 Å². The Kier molecular flexibility index (Phi) is 1.77. The molecule has 0 heterocycles. The molecule has 1 N–H and O–H groups in total. The second kappa shape index (κ2) is 2.70. The van der Waals surface area contributed by atoms with Gasteiger partial charge in [0.05, 0.1) is 6.10 Å². The summed E-state index contributed by atoms with van der Waals surface area (Å²) in [5, 5.41) is 9.65. The molecule has 0 radical (unpaired) electrons. The monoisotopic (exact) mass is 180 g/mol. The van der Waals surface area contributed by atoms with Crippen LogP contribution in [0, 0.1) is 5.92 Å². The van der Waals surface area contributed by atoms with Crippen LogP contribution in [0.15, 0.2) is 24.8 Å². The van der Waals surface area contributed by atoms with Gasteiger partial charge in [-0.15, -0.1) is 0 Å². The summed E-state index contributed by atoms with van der Waals surface area (Å²) in [6, 6.07) is 0. The SMILES string of the molecule is C=CC(=O)OC12C=CC(CC1O)C2. The summed E-state index contributed by atoms with van der Waals surface area (Å²) in [5.41, 5.74) is -0.754. The molecular formula is C10H12O3. The Hall–Kier alpha value is -1.09. The van der Waals surface area contributed by atoms with Crippen LogP contribution in [0.1, 0.15) is 12.8 Å². The number of esters is 1. The number of fused-ring (bicyclic) bond motifs is 2. The average molecular weight is 180 g/mol. The summed E-state index contributed by atoms with van der Waals surface area (Å²) in [6.07, 6.45) is 5.79. The molecule has 0 aromatic rings. The number of carbonyl (C=O) groups is 1. The number of hydrogen-bond donors (Lipinski definition) is 1. The lowest BCUT2D eigenvalue weighted by atomic mass is 10.00. The minimum atomic E-state index is -0.754. The molecule has 0 spiro atoms. The Morgan fingerprint density at radius 2 is 2.54 bits per heavy atom. The maximum Gasteiger partial charge on any atom is 0.331 e. The largest absolute Gasteiger partial charge is 0.449 e. The second-order valence-electron chi connectivity index (χ2n) is 3.65. The van der Waals surface area contributed by atoms with Crippen LogP contribution in [0.2, 0.25) is 0 Å². The molecule has 0 aromatic carbocycles. The highest BCUT2D eigenvalue weighted by atomic mass is 16.6. The van der Waals surface area contributed by atoms with Crippen molar-refractivity contribution in [2.45, 2.75) is 24.5 Å². The quantitative estimate of drug-likeness (QED) is 0.388. The number of aliphatic hydroxyl groups excluding tert-OH is 1. The van der Waals surface area contributed by atoms with Crippen molar-refractivity contribution >= 4 is 5.97 Å². The first-order chi connectivity index (χ1) is 6.16. The topological polar surface area (TPSA) is 46.5 Å². The van der Waals surface area contributed by atoms with Crippen molar-refractivity contribution in [2.75, 3.05) is 0 Å². The van der Waals surface area contributed by atoms with Crippen molar-refractivity contribution in [3.8, 4) is 0 Å². The zero-order valence-electron chi connectivity index (χ0n) is 7.27. The molecule has 70 valence electrons. The molecule has 0 saturated heterocycles. The standard InChI is InChI=1S/C10H12O3/c1-2-9(12)13-10-4-3-7(6-10)5-8(10)11/h2-4,7-8,11H,1,5-6H2. The lowest BCUT2D eigenvalue weighted by molar-refractivity contribution is -0.155. The summed E-state index contributed by atoms with van der Waals surface area (Å²) in [6.45, 7) is 3.33. The second-order valence-corrected chi connectivity index (χ2v) is 3.65. The molecule has 2 rings (SSSR count). The fraction of sp³-hybridized carbons (Fsp3) is 0.500. The molecular weight excluding hydrogens is 168 g/mol. The van der Waals surface area contributed by atoms with Gasteiger partial charge in [0, 0.05) is 6.08 Å². The number of allylic oxidation sites excluding steroid dienone is 1. The highest BCUT2D eigenvalue weighted by molar-refractivity contribution is 5.82. The third kappa shape index (κ3) is 1.20. The number of rotatable bonds is 2. The molecule has 3 atom stereocenters. The Morgan fingerprint density at radius 1 is 1.77 bits per heavy atom. The maximum atomic E-state index is 11.0. The molecule has 2 aliphatic rings. The van der Waals surface area contributed by atoms with Gasteiger partial charge in [-0.05, 0) is 24.8 Å². The van der Waals surface area contributed by atoms with Gasteiger partial charge in [0.1, 0.15) is 0 Å². The first-order valence-corrected chi connectivity index (χ1v) is 4.39. The summed E-state index contributed by atoms with van der Waals surface area (Å²) < 4.78 is 5.16. The van der Waals surface area contributed by atoms with Gasteiger partial charge in [0.25, 0.3) is 0 Å². The van der Waals surface area contributed by atoms with Crippen LogP contribution < -0.4 is 0 Å². The van der Waals surface area contributed by atoms with Crippen molar-refractivity contribution < 1.29 is 14.6 Å². The lowest BCUT2D eigenvalue weighted by Gasteiger charge is -2.27. The molecule has 0 aliphatic heterocycles. The molecule has 3 unspecified atom stereocenters. The number of aliphatic hydroxyl groups is 1. The van der Waals surface area contributed by atoms with Crippen molar-refractivity contribution in [1.82, 2.24) is 0 Å². The van der Waals surface area contributed by atoms with Crippen LogP contribution in [-0.4, -0.2) is 22.8 Å². The zero-order chi connectivity index (χ0) is 9.47. The van der Waals surface area contributed by atoms with Gasteiger partial charge in [0.15, 0.2) is 5.60 Å². The Bertz CT molecular complexity index is 282. The first kappa shape index (κ1) is 8.51. The van der Waals surface area contributed by atoms with Crippen LogP contribution in [0.3, 0.4) is 0 Å². The fourth-order valence-electron chi connectivity index (χ4n) is 2.11. The van der Waals surface area contributed by atoms with Gasteiger partial charge in [-0.2, -0.15) is 0 Å².